The Morgan fingerprint density at radius 3 is 3.14 bits per heavy atom. The summed E-state index contributed by atoms with van der Waals surface area (Å²) in [6.07, 6.45) is 3.59. The first-order valence-electron chi connectivity index (χ1n) is 4.93. The highest BCUT2D eigenvalue weighted by molar-refractivity contribution is 5.78. The summed E-state index contributed by atoms with van der Waals surface area (Å²) in [6, 6.07) is 4.27. The van der Waals surface area contributed by atoms with E-state index in [0.717, 1.165) is 18.7 Å². The first-order valence-corrected chi connectivity index (χ1v) is 4.93. The van der Waals surface area contributed by atoms with Gasteiger partial charge in [0.05, 0.1) is 0 Å². The maximum atomic E-state index is 11.0. The summed E-state index contributed by atoms with van der Waals surface area (Å²) in [4.78, 5) is 11.0. The molecule has 1 aliphatic rings. The number of hydrogen-bond acceptors (Lipinski definition) is 2. The van der Waals surface area contributed by atoms with Gasteiger partial charge in [-0.15, -0.1) is 0 Å². The second kappa shape index (κ2) is 3.84. The Morgan fingerprint density at radius 2 is 2.50 bits per heavy atom. The molecule has 2 heterocycles. The second-order valence-corrected chi connectivity index (χ2v) is 3.66. The number of aromatic nitrogens is 1. The minimum absolute atomic E-state index is 0.163. The summed E-state index contributed by atoms with van der Waals surface area (Å²) in [5, 5.41) is 2.94. The smallest absolute Gasteiger partial charge is 0.220 e. The van der Waals surface area contributed by atoms with Crippen LogP contribution in [0.4, 0.5) is 0 Å². The van der Waals surface area contributed by atoms with Crippen molar-refractivity contribution in [2.45, 2.75) is 32.0 Å². The van der Waals surface area contributed by atoms with Crippen LogP contribution in [0.2, 0.25) is 0 Å². The van der Waals surface area contributed by atoms with Crippen molar-refractivity contribution in [3.63, 3.8) is 0 Å². The van der Waals surface area contributed by atoms with Gasteiger partial charge in [-0.2, -0.15) is 0 Å². The first kappa shape index (κ1) is 9.27. The summed E-state index contributed by atoms with van der Waals surface area (Å²) >= 11 is 0. The van der Waals surface area contributed by atoms with Gasteiger partial charge in [0.25, 0.3) is 0 Å². The van der Waals surface area contributed by atoms with E-state index < -0.39 is 0 Å². The molecule has 4 nitrogen and oxygen atoms in total. The molecule has 1 unspecified atom stereocenters. The van der Waals surface area contributed by atoms with Crippen molar-refractivity contribution in [1.29, 1.82) is 0 Å². The van der Waals surface area contributed by atoms with E-state index in [-0.39, 0.29) is 11.9 Å². The average molecular weight is 193 g/mol. The third-order valence-electron chi connectivity index (χ3n) is 2.63. The fraction of sp³-hybridized carbons (Fsp3) is 0.500. The van der Waals surface area contributed by atoms with Crippen LogP contribution in [0, 0.1) is 0 Å². The van der Waals surface area contributed by atoms with Gasteiger partial charge >= 0.3 is 0 Å². The van der Waals surface area contributed by atoms with Crippen molar-refractivity contribution < 1.29 is 4.79 Å². The van der Waals surface area contributed by atoms with Crippen molar-refractivity contribution in [2.75, 3.05) is 0 Å². The molecule has 3 N–H and O–H groups in total. The summed E-state index contributed by atoms with van der Waals surface area (Å²) in [5.74, 6) is 0.163. The quantitative estimate of drug-likeness (QED) is 0.721. The number of carbonyl (C=O) groups is 1. The highest BCUT2D eigenvalue weighted by Crippen LogP contribution is 2.11. The average Bonchev–Trinajstić information content (AvgIpc) is 2.76. The van der Waals surface area contributed by atoms with Gasteiger partial charge in [-0.25, -0.2) is 0 Å². The molecule has 0 radical (unpaired) electrons. The van der Waals surface area contributed by atoms with Gasteiger partial charge < -0.3 is 15.6 Å². The SMILES string of the molecule is NCc1cccn1CC1CCC(=O)N1. The third-order valence-corrected chi connectivity index (χ3v) is 2.63. The molecule has 1 aromatic rings. The Hall–Kier alpha value is -1.29. The Balaban J connectivity index is 2.00. The largest absolute Gasteiger partial charge is 0.352 e. The van der Waals surface area contributed by atoms with Crippen LogP contribution in [0.15, 0.2) is 18.3 Å². The monoisotopic (exact) mass is 193 g/mol. The highest BCUT2D eigenvalue weighted by Gasteiger charge is 2.20. The van der Waals surface area contributed by atoms with Crippen LogP contribution >= 0.6 is 0 Å². The van der Waals surface area contributed by atoms with E-state index in [1.54, 1.807) is 0 Å². The molecule has 0 spiro atoms. The standard InChI is InChI=1S/C10H15N3O/c11-6-9-2-1-5-13(9)7-8-3-4-10(14)12-8/h1-2,5,8H,3-4,6-7,11H2,(H,12,14). The molecule has 4 heteroatoms. The maximum absolute atomic E-state index is 11.0. The predicted octanol–water partition coefficient (Wildman–Crippen LogP) is 0.225. The van der Waals surface area contributed by atoms with Gasteiger partial charge in [0.15, 0.2) is 0 Å². The van der Waals surface area contributed by atoms with Gasteiger partial charge in [0.2, 0.25) is 5.91 Å². The van der Waals surface area contributed by atoms with E-state index in [1.807, 2.05) is 18.3 Å². The topological polar surface area (TPSA) is 60.0 Å². The molecule has 0 saturated carbocycles. The van der Waals surface area contributed by atoms with Crippen molar-refractivity contribution in [3.8, 4) is 0 Å². The number of carbonyl (C=O) groups excluding carboxylic acids is 1. The van der Waals surface area contributed by atoms with E-state index in [9.17, 15) is 4.79 Å². The molecular formula is C10H15N3O. The molecule has 1 aliphatic heterocycles. The molecule has 2 rings (SSSR count). The van der Waals surface area contributed by atoms with Gasteiger partial charge in [-0.05, 0) is 18.6 Å². The van der Waals surface area contributed by atoms with Crippen LogP contribution in [0.3, 0.4) is 0 Å². The summed E-state index contributed by atoms with van der Waals surface area (Å²) in [6.45, 7) is 1.39. The Morgan fingerprint density at radius 1 is 1.64 bits per heavy atom. The van der Waals surface area contributed by atoms with Crippen molar-refractivity contribution in [1.82, 2.24) is 9.88 Å². The molecule has 0 aliphatic carbocycles. The molecule has 1 saturated heterocycles. The zero-order valence-corrected chi connectivity index (χ0v) is 8.07. The number of nitrogens with zero attached hydrogens (tertiary/aromatic N) is 1. The number of rotatable bonds is 3. The molecule has 1 fully saturated rings. The minimum atomic E-state index is 0.163. The highest BCUT2D eigenvalue weighted by atomic mass is 16.1. The molecule has 1 aromatic heterocycles. The van der Waals surface area contributed by atoms with E-state index in [2.05, 4.69) is 9.88 Å². The lowest BCUT2D eigenvalue weighted by molar-refractivity contribution is -0.119. The zero-order valence-electron chi connectivity index (χ0n) is 8.07. The van der Waals surface area contributed by atoms with E-state index in [1.165, 1.54) is 0 Å². The number of nitrogens with two attached hydrogens (primary N) is 1. The zero-order chi connectivity index (χ0) is 9.97. The lowest BCUT2D eigenvalue weighted by Crippen LogP contribution is -2.30. The normalized spacial score (nSPS) is 21.2. The lowest BCUT2D eigenvalue weighted by atomic mass is 10.2. The van der Waals surface area contributed by atoms with E-state index >= 15 is 0 Å². The maximum Gasteiger partial charge on any atom is 0.220 e. The summed E-state index contributed by atoms with van der Waals surface area (Å²) in [5.41, 5.74) is 6.71. The Bertz CT molecular complexity index is 332. The molecule has 0 aromatic carbocycles. The first-order chi connectivity index (χ1) is 6.79. The fourth-order valence-corrected chi connectivity index (χ4v) is 1.86. The molecule has 76 valence electrons. The number of amides is 1. The van der Waals surface area contributed by atoms with Crippen molar-refractivity contribution >= 4 is 5.91 Å². The van der Waals surface area contributed by atoms with Gasteiger partial charge in [0.1, 0.15) is 0 Å². The van der Waals surface area contributed by atoms with Crippen LogP contribution in [0.25, 0.3) is 0 Å². The summed E-state index contributed by atoms with van der Waals surface area (Å²) < 4.78 is 2.11. The van der Waals surface area contributed by atoms with Gasteiger partial charge in [-0.1, -0.05) is 0 Å². The second-order valence-electron chi connectivity index (χ2n) is 3.66. The lowest BCUT2D eigenvalue weighted by Gasteiger charge is -2.13. The fourth-order valence-electron chi connectivity index (χ4n) is 1.86. The van der Waals surface area contributed by atoms with Crippen LogP contribution in [0.1, 0.15) is 18.5 Å². The molecule has 1 atom stereocenters. The minimum Gasteiger partial charge on any atom is -0.352 e. The van der Waals surface area contributed by atoms with E-state index in [4.69, 9.17) is 5.73 Å². The number of nitrogens with one attached hydrogen (secondary N) is 1. The number of hydrogen-bond donors (Lipinski definition) is 2. The third kappa shape index (κ3) is 1.80. The van der Waals surface area contributed by atoms with Crippen molar-refractivity contribution in [2.24, 2.45) is 5.73 Å². The van der Waals surface area contributed by atoms with Gasteiger partial charge in [-0.3, -0.25) is 4.79 Å². The van der Waals surface area contributed by atoms with E-state index in [0.29, 0.717) is 13.0 Å². The molecule has 14 heavy (non-hydrogen) atoms. The molecule has 0 bridgehead atoms. The van der Waals surface area contributed by atoms with Crippen molar-refractivity contribution in [3.05, 3.63) is 24.0 Å². The Labute approximate surface area is 83.1 Å². The molecular weight excluding hydrogens is 178 g/mol. The van der Waals surface area contributed by atoms with Crippen LogP contribution in [0.5, 0.6) is 0 Å². The Kier molecular flexibility index (Phi) is 2.54. The molecule has 1 amide bonds. The van der Waals surface area contributed by atoms with Crippen LogP contribution in [-0.4, -0.2) is 16.5 Å². The summed E-state index contributed by atoms with van der Waals surface area (Å²) in [7, 11) is 0. The van der Waals surface area contributed by atoms with Crippen LogP contribution < -0.4 is 11.1 Å². The predicted molar refractivity (Wildman–Crippen MR) is 53.5 cm³/mol. The van der Waals surface area contributed by atoms with Gasteiger partial charge in [0, 0.05) is 37.4 Å². The van der Waals surface area contributed by atoms with Crippen LogP contribution in [-0.2, 0) is 17.9 Å².